The molecule has 0 heterocycles. The summed E-state index contributed by atoms with van der Waals surface area (Å²) in [5, 5.41) is 17.9. The molecule has 6 heteroatoms. The van der Waals surface area contributed by atoms with E-state index >= 15 is 0 Å². The molecule has 0 fully saturated rings. The molecule has 0 aromatic heterocycles. The summed E-state index contributed by atoms with van der Waals surface area (Å²) >= 11 is 0. The van der Waals surface area contributed by atoms with E-state index in [1.54, 1.807) is 0 Å². The van der Waals surface area contributed by atoms with Crippen molar-refractivity contribution in [2.75, 3.05) is 0 Å². The second-order valence-electron chi connectivity index (χ2n) is 4.58. The van der Waals surface area contributed by atoms with Gasteiger partial charge in [-0.3, -0.25) is 10.5 Å². The summed E-state index contributed by atoms with van der Waals surface area (Å²) in [5.74, 6) is -1.83. The fraction of sp³-hybridized carbons (Fsp3) is 0.429. The number of carboxylic acid groups (broad SMARTS) is 1. The third-order valence-corrected chi connectivity index (χ3v) is 2.80. The number of carboxylic acids is 1. The Kier molecular flexibility index (Phi) is 6.14. The van der Waals surface area contributed by atoms with Crippen molar-refractivity contribution in [1.82, 2.24) is 0 Å². The molecule has 1 rings (SSSR count). The van der Waals surface area contributed by atoms with E-state index in [-0.39, 0.29) is 25.4 Å². The highest BCUT2D eigenvalue weighted by atomic mass is 16.5. The van der Waals surface area contributed by atoms with Crippen LogP contribution in [-0.4, -0.2) is 27.9 Å². The number of hydrogen-bond donors (Lipinski definition) is 3. The first-order valence-electron chi connectivity index (χ1n) is 6.36. The van der Waals surface area contributed by atoms with Crippen molar-refractivity contribution in [3.63, 3.8) is 0 Å². The van der Waals surface area contributed by atoms with Gasteiger partial charge in [0.05, 0.1) is 0 Å². The smallest absolute Gasteiger partial charge is 0.350 e. The molecule has 0 spiro atoms. The first kappa shape index (κ1) is 16.1. The number of aliphatic hydroxyl groups is 1. The van der Waals surface area contributed by atoms with Gasteiger partial charge >= 0.3 is 11.9 Å². The molecule has 1 aromatic carbocycles. The van der Waals surface area contributed by atoms with Crippen molar-refractivity contribution >= 4 is 11.9 Å². The van der Waals surface area contributed by atoms with E-state index in [0.717, 1.165) is 5.56 Å². The summed E-state index contributed by atoms with van der Waals surface area (Å²) < 4.78 is 5.06. The fourth-order valence-corrected chi connectivity index (χ4v) is 1.58. The highest BCUT2D eigenvalue weighted by molar-refractivity contribution is 5.76. The molecule has 1 unspecified atom stereocenters. The zero-order valence-electron chi connectivity index (χ0n) is 11.1. The van der Waals surface area contributed by atoms with Crippen LogP contribution in [0.1, 0.15) is 31.2 Å². The summed E-state index contributed by atoms with van der Waals surface area (Å²) in [7, 11) is 0. The third-order valence-electron chi connectivity index (χ3n) is 2.80. The molecule has 20 heavy (non-hydrogen) atoms. The lowest BCUT2D eigenvalue weighted by Gasteiger charge is -2.16. The predicted octanol–water partition coefficient (Wildman–Crippen LogP) is 1.02. The lowest BCUT2D eigenvalue weighted by atomic mass is 10.1. The monoisotopic (exact) mass is 281 g/mol. The predicted molar refractivity (Wildman–Crippen MR) is 71.5 cm³/mol. The number of rotatable bonds is 8. The summed E-state index contributed by atoms with van der Waals surface area (Å²) in [6.07, 6.45) is 0.816. The van der Waals surface area contributed by atoms with Gasteiger partial charge < -0.3 is 14.9 Å². The minimum Gasteiger partial charge on any atom is -0.478 e. The maximum absolute atomic E-state index is 11.4. The second kappa shape index (κ2) is 7.62. The van der Waals surface area contributed by atoms with Crippen molar-refractivity contribution in [3.8, 4) is 0 Å². The number of carbonyl (C=O) groups excluding carboxylic acids is 1. The standard InChI is InChI=1S/C14H19NO5/c15-14(19,13(17)18)9-5-4-8-12(16)20-10-11-6-2-1-3-7-11/h1-3,6-7,19H,4-5,8-10,15H2,(H,17,18). The van der Waals surface area contributed by atoms with Gasteiger partial charge in [0.15, 0.2) is 0 Å². The first-order chi connectivity index (χ1) is 9.42. The Bertz CT molecular complexity index is 444. The Morgan fingerprint density at radius 3 is 2.45 bits per heavy atom. The number of nitrogens with two attached hydrogens (primary N) is 1. The Labute approximate surface area is 117 Å². The highest BCUT2D eigenvalue weighted by Gasteiger charge is 2.29. The molecule has 0 bridgehead atoms. The number of aliphatic carboxylic acids is 1. The molecule has 0 saturated heterocycles. The van der Waals surface area contributed by atoms with Crippen LogP contribution in [0.3, 0.4) is 0 Å². The molecule has 0 amide bonds. The number of hydrogen-bond acceptors (Lipinski definition) is 5. The summed E-state index contributed by atoms with van der Waals surface area (Å²) in [4.78, 5) is 22.0. The molecule has 1 atom stereocenters. The number of unbranched alkanes of at least 4 members (excludes halogenated alkanes) is 1. The zero-order chi connectivity index (χ0) is 15.0. The van der Waals surface area contributed by atoms with Gasteiger partial charge in [0.2, 0.25) is 5.72 Å². The van der Waals surface area contributed by atoms with E-state index < -0.39 is 11.7 Å². The minimum atomic E-state index is -2.23. The van der Waals surface area contributed by atoms with Crippen molar-refractivity contribution in [3.05, 3.63) is 35.9 Å². The van der Waals surface area contributed by atoms with Crippen LogP contribution in [0.15, 0.2) is 30.3 Å². The van der Waals surface area contributed by atoms with Crippen LogP contribution < -0.4 is 5.73 Å². The molecule has 6 nitrogen and oxygen atoms in total. The van der Waals surface area contributed by atoms with Gasteiger partial charge in [-0.2, -0.15) is 0 Å². The van der Waals surface area contributed by atoms with Crippen molar-refractivity contribution < 1.29 is 24.5 Å². The molecule has 0 radical (unpaired) electrons. The van der Waals surface area contributed by atoms with Gasteiger partial charge in [-0.25, -0.2) is 4.79 Å². The molecule has 0 aliphatic carbocycles. The average molecular weight is 281 g/mol. The summed E-state index contributed by atoms with van der Waals surface area (Å²) in [5.41, 5.74) is 3.83. The molecule has 0 aliphatic heterocycles. The van der Waals surface area contributed by atoms with Crippen molar-refractivity contribution in [2.24, 2.45) is 5.73 Å². The molecular weight excluding hydrogens is 262 g/mol. The van der Waals surface area contributed by atoms with Gasteiger partial charge in [0, 0.05) is 12.8 Å². The van der Waals surface area contributed by atoms with E-state index in [4.69, 9.17) is 15.6 Å². The van der Waals surface area contributed by atoms with Crippen LogP contribution in [0, 0.1) is 0 Å². The first-order valence-corrected chi connectivity index (χ1v) is 6.36. The molecule has 4 N–H and O–H groups in total. The summed E-state index contributed by atoms with van der Waals surface area (Å²) in [6.45, 7) is 0.218. The average Bonchev–Trinajstić information content (AvgIpc) is 2.42. The minimum absolute atomic E-state index is 0.103. The van der Waals surface area contributed by atoms with Crippen LogP contribution in [0.5, 0.6) is 0 Å². The fourth-order valence-electron chi connectivity index (χ4n) is 1.58. The van der Waals surface area contributed by atoms with Gasteiger partial charge in [0.1, 0.15) is 6.61 Å². The molecule has 110 valence electrons. The highest BCUT2D eigenvalue weighted by Crippen LogP contribution is 2.11. The number of carbonyl (C=O) groups is 2. The van der Waals surface area contributed by atoms with E-state index in [2.05, 4.69) is 0 Å². The Morgan fingerprint density at radius 1 is 1.20 bits per heavy atom. The lowest BCUT2D eigenvalue weighted by Crippen LogP contribution is -2.47. The molecule has 0 aliphatic rings. The number of benzene rings is 1. The Morgan fingerprint density at radius 2 is 1.85 bits per heavy atom. The van der Waals surface area contributed by atoms with Crippen LogP contribution in [-0.2, 0) is 20.9 Å². The normalized spacial score (nSPS) is 13.5. The quantitative estimate of drug-likeness (QED) is 0.373. The van der Waals surface area contributed by atoms with Gasteiger partial charge in [-0.05, 0) is 18.4 Å². The topological polar surface area (TPSA) is 110 Å². The van der Waals surface area contributed by atoms with E-state index in [1.807, 2.05) is 30.3 Å². The van der Waals surface area contributed by atoms with Gasteiger partial charge in [0.25, 0.3) is 0 Å². The van der Waals surface area contributed by atoms with E-state index in [1.165, 1.54) is 0 Å². The summed E-state index contributed by atoms with van der Waals surface area (Å²) in [6, 6.07) is 9.30. The van der Waals surface area contributed by atoms with E-state index in [9.17, 15) is 14.7 Å². The maximum atomic E-state index is 11.4. The van der Waals surface area contributed by atoms with Crippen LogP contribution >= 0.6 is 0 Å². The molecule has 0 saturated carbocycles. The largest absolute Gasteiger partial charge is 0.478 e. The molecule has 1 aromatic rings. The Hall–Kier alpha value is -1.92. The third kappa shape index (κ3) is 5.81. The van der Waals surface area contributed by atoms with Crippen molar-refractivity contribution in [2.45, 2.75) is 38.0 Å². The number of esters is 1. The van der Waals surface area contributed by atoms with Crippen LogP contribution in [0.2, 0.25) is 0 Å². The van der Waals surface area contributed by atoms with Gasteiger partial charge in [-0.1, -0.05) is 30.3 Å². The maximum Gasteiger partial charge on any atom is 0.350 e. The van der Waals surface area contributed by atoms with Crippen LogP contribution in [0.4, 0.5) is 0 Å². The van der Waals surface area contributed by atoms with Crippen LogP contribution in [0.25, 0.3) is 0 Å². The number of ether oxygens (including phenoxy) is 1. The van der Waals surface area contributed by atoms with E-state index in [0.29, 0.717) is 12.8 Å². The Balaban J connectivity index is 2.16. The SMILES string of the molecule is NC(O)(CCCCC(=O)OCc1ccccc1)C(=O)O. The lowest BCUT2D eigenvalue weighted by molar-refractivity contribution is -0.158. The zero-order valence-corrected chi connectivity index (χ0v) is 11.1. The van der Waals surface area contributed by atoms with Crippen molar-refractivity contribution in [1.29, 1.82) is 0 Å². The second-order valence-corrected chi connectivity index (χ2v) is 4.58. The van der Waals surface area contributed by atoms with Gasteiger partial charge in [-0.15, -0.1) is 0 Å². The molecular formula is C14H19NO5.